The van der Waals surface area contributed by atoms with E-state index in [4.69, 9.17) is 21.1 Å². The molecular formula is C15H17ClN4O2. The molecule has 1 atom stereocenters. The number of hydrogen-bond donors (Lipinski definition) is 1. The summed E-state index contributed by atoms with van der Waals surface area (Å²) in [7, 11) is 0. The third kappa shape index (κ3) is 2.64. The Bertz CT molecular complexity index is 688. The zero-order chi connectivity index (χ0) is 14.9. The van der Waals surface area contributed by atoms with Gasteiger partial charge in [-0.2, -0.15) is 5.10 Å². The minimum Gasteiger partial charge on any atom is -0.486 e. The fourth-order valence-corrected chi connectivity index (χ4v) is 3.22. The lowest BCUT2D eigenvalue weighted by Crippen LogP contribution is -2.37. The molecular weight excluding hydrogens is 304 g/mol. The monoisotopic (exact) mass is 320 g/mol. The van der Waals surface area contributed by atoms with Gasteiger partial charge in [0.15, 0.2) is 11.5 Å². The van der Waals surface area contributed by atoms with Gasteiger partial charge in [0.25, 0.3) is 0 Å². The fraction of sp³-hybridized carbons (Fsp3) is 0.467. The number of hydrogen-bond acceptors (Lipinski definition) is 5. The van der Waals surface area contributed by atoms with Gasteiger partial charge in [-0.3, -0.25) is 0 Å². The molecule has 0 unspecified atom stereocenters. The molecule has 2 aromatic rings. The van der Waals surface area contributed by atoms with Crippen molar-refractivity contribution in [3.8, 4) is 11.5 Å². The Balaban J connectivity index is 1.43. The van der Waals surface area contributed by atoms with Crippen molar-refractivity contribution in [2.45, 2.75) is 32.0 Å². The fourth-order valence-electron chi connectivity index (χ4n) is 2.93. The van der Waals surface area contributed by atoms with Gasteiger partial charge in [-0.15, -0.1) is 0 Å². The molecule has 4 rings (SSSR count). The minimum absolute atomic E-state index is 0.390. The molecule has 0 spiro atoms. The molecule has 22 heavy (non-hydrogen) atoms. The molecule has 3 heterocycles. The number of aryl methyl sites for hydroxylation is 1. The Kier molecular flexibility index (Phi) is 3.63. The number of fused-ring (bicyclic) bond motifs is 2. The summed E-state index contributed by atoms with van der Waals surface area (Å²) in [6.07, 6.45) is 3.65. The van der Waals surface area contributed by atoms with E-state index in [9.17, 15) is 0 Å². The van der Waals surface area contributed by atoms with Crippen LogP contribution in [0.2, 0.25) is 5.02 Å². The van der Waals surface area contributed by atoms with Crippen molar-refractivity contribution in [3.63, 3.8) is 0 Å². The molecule has 0 saturated heterocycles. The highest BCUT2D eigenvalue weighted by Crippen LogP contribution is 2.38. The molecule has 0 amide bonds. The average Bonchev–Trinajstić information content (AvgIpc) is 3.00. The van der Waals surface area contributed by atoms with Gasteiger partial charge in [0, 0.05) is 19.0 Å². The topological polar surface area (TPSA) is 61.2 Å². The van der Waals surface area contributed by atoms with E-state index < -0.39 is 0 Å². The van der Waals surface area contributed by atoms with Crippen molar-refractivity contribution >= 4 is 11.6 Å². The van der Waals surface area contributed by atoms with E-state index in [1.165, 1.54) is 0 Å². The summed E-state index contributed by atoms with van der Waals surface area (Å²) in [5.41, 5.74) is 1.10. The number of ether oxygens (including phenoxy) is 2. The second kappa shape index (κ2) is 5.78. The van der Waals surface area contributed by atoms with Crippen LogP contribution in [-0.2, 0) is 19.5 Å². The molecule has 1 aromatic heterocycles. The van der Waals surface area contributed by atoms with Crippen molar-refractivity contribution in [1.29, 1.82) is 0 Å². The highest BCUT2D eigenvalue weighted by atomic mass is 35.5. The molecule has 116 valence electrons. The molecule has 0 aliphatic carbocycles. The minimum atomic E-state index is 0.390. The maximum Gasteiger partial charge on any atom is 0.179 e. The molecule has 0 bridgehead atoms. The van der Waals surface area contributed by atoms with Crippen molar-refractivity contribution in [3.05, 3.63) is 34.9 Å². The van der Waals surface area contributed by atoms with E-state index in [0.29, 0.717) is 30.0 Å². The zero-order valence-corrected chi connectivity index (χ0v) is 12.8. The first kappa shape index (κ1) is 13.8. The van der Waals surface area contributed by atoms with Crippen LogP contribution in [0.25, 0.3) is 0 Å². The van der Waals surface area contributed by atoms with Gasteiger partial charge in [0.05, 0.1) is 11.6 Å². The largest absolute Gasteiger partial charge is 0.486 e. The van der Waals surface area contributed by atoms with Crippen LogP contribution < -0.4 is 14.8 Å². The maximum atomic E-state index is 6.27. The van der Waals surface area contributed by atoms with Gasteiger partial charge < -0.3 is 14.8 Å². The summed E-state index contributed by atoms with van der Waals surface area (Å²) in [6, 6.07) is 4.32. The zero-order valence-electron chi connectivity index (χ0n) is 12.1. The lowest BCUT2D eigenvalue weighted by atomic mass is 10.1. The third-order valence-corrected chi connectivity index (χ3v) is 4.34. The summed E-state index contributed by atoms with van der Waals surface area (Å²) in [5.74, 6) is 2.46. The van der Waals surface area contributed by atoms with Crippen molar-refractivity contribution in [2.24, 2.45) is 0 Å². The van der Waals surface area contributed by atoms with Gasteiger partial charge in [-0.1, -0.05) is 11.6 Å². The van der Waals surface area contributed by atoms with Gasteiger partial charge in [0.1, 0.15) is 25.4 Å². The van der Waals surface area contributed by atoms with Crippen LogP contribution in [0.15, 0.2) is 18.5 Å². The lowest BCUT2D eigenvalue weighted by Gasteiger charge is -2.24. The van der Waals surface area contributed by atoms with E-state index in [-0.39, 0.29) is 0 Å². The Labute approximate surface area is 133 Å². The third-order valence-electron chi connectivity index (χ3n) is 4.06. The van der Waals surface area contributed by atoms with Crippen LogP contribution in [0, 0.1) is 0 Å². The summed E-state index contributed by atoms with van der Waals surface area (Å²) in [5, 5.41) is 8.41. The number of nitrogens with zero attached hydrogens (tertiary/aromatic N) is 3. The number of halogens is 1. The molecule has 0 radical (unpaired) electrons. The molecule has 0 fully saturated rings. The molecule has 2 aliphatic heterocycles. The second-order valence-corrected chi connectivity index (χ2v) is 5.98. The summed E-state index contributed by atoms with van der Waals surface area (Å²) >= 11 is 6.27. The standard InChI is InChI=1S/C15H17ClN4O2/c16-12-5-10(6-13-15(12)22-4-3-21-13)7-17-11-1-2-14-18-9-19-20(14)8-11/h5-6,9,11,17H,1-4,7-8H2/t11-/m0/s1. The van der Waals surface area contributed by atoms with Crippen LogP contribution >= 0.6 is 11.6 Å². The molecule has 6 nitrogen and oxygen atoms in total. The van der Waals surface area contributed by atoms with Gasteiger partial charge >= 0.3 is 0 Å². The smallest absolute Gasteiger partial charge is 0.179 e. The normalized spacial score (nSPS) is 19.8. The van der Waals surface area contributed by atoms with E-state index in [0.717, 1.165) is 43.1 Å². The SMILES string of the molecule is Clc1cc(CN[C@H]2CCc3ncnn3C2)cc2c1OCCO2. The van der Waals surface area contributed by atoms with Crippen LogP contribution in [0.3, 0.4) is 0 Å². The summed E-state index contributed by atoms with van der Waals surface area (Å²) < 4.78 is 13.1. The highest BCUT2D eigenvalue weighted by Gasteiger charge is 2.20. The Morgan fingerprint density at radius 2 is 2.23 bits per heavy atom. The number of nitrogens with one attached hydrogen (secondary N) is 1. The maximum absolute atomic E-state index is 6.27. The molecule has 7 heteroatoms. The number of benzene rings is 1. The first-order chi connectivity index (χ1) is 10.8. The molecule has 1 N–H and O–H groups in total. The quantitative estimate of drug-likeness (QED) is 0.934. The average molecular weight is 321 g/mol. The van der Waals surface area contributed by atoms with Gasteiger partial charge in [-0.25, -0.2) is 9.67 Å². The first-order valence-electron chi connectivity index (χ1n) is 7.47. The van der Waals surface area contributed by atoms with Gasteiger partial charge in [-0.05, 0) is 24.1 Å². The second-order valence-electron chi connectivity index (χ2n) is 5.58. The molecule has 1 aromatic carbocycles. The predicted octanol–water partition coefficient (Wildman–Crippen LogP) is 1.81. The summed E-state index contributed by atoms with van der Waals surface area (Å²) in [4.78, 5) is 4.25. The molecule has 2 aliphatic rings. The van der Waals surface area contributed by atoms with Crippen LogP contribution in [0.4, 0.5) is 0 Å². The predicted molar refractivity (Wildman–Crippen MR) is 81.4 cm³/mol. The van der Waals surface area contributed by atoms with Gasteiger partial charge in [0.2, 0.25) is 0 Å². The van der Waals surface area contributed by atoms with E-state index >= 15 is 0 Å². The van der Waals surface area contributed by atoms with E-state index in [2.05, 4.69) is 15.4 Å². The van der Waals surface area contributed by atoms with Crippen LogP contribution in [-0.4, -0.2) is 34.0 Å². The number of aromatic nitrogens is 3. The first-order valence-corrected chi connectivity index (χ1v) is 7.85. The van der Waals surface area contributed by atoms with Crippen LogP contribution in [0.5, 0.6) is 11.5 Å². The van der Waals surface area contributed by atoms with Crippen molar-refractivity contribution < 1.29 is 9.47 Å². The summed E-state index contributed by atoms with van der Waals surface area (Å²) in [6.45, 7) is 2.71. The van der Waals surface area contributed by atoms with Crippen molar-refractivity contribution in [1.82, 2.24) is 20.1 Å². The van der Waals surface area contributed by atoms with Crippen molar-refractivity contribution in [2.75, 3.05) is 13.2 Å². The number of rotatable bonds is 3. The Morgan fingerprint density at radius 3 is 3.18 bits per heavy atom. The lowest BCUT2D eigenvalue weighted by molar-refractivity contribution is 0.171. The van der Waals surface area contributed by atoms with Crippen LogP contribution in [0.1, 0.15) is 17.8 Å². The molecule has 0 saturated carbocycles. The van der Waals surface area contributed by atoms with E-state index in [1.807, 2.05) is 16.8 Å². The Hall–Kier alpha value is -1.79. The van der Waals surface area contributed by atoms with E-state index in [1.54, 1.807) is 6.33 Å². The Morgan fingerprint density at radius 1 is 1.32 bits per heavy atom. The highest BCUT2D eigenvalue weighted by molar-refractivity contribution is 6.32.